The predicted molar refractivity (Wildman–Crippen MR) is 127 cm³/mol. The van der Waals surface area contributed by atoms with Gasteiger partial charge in [-0.25, -0.2) is 0 Å². The SMILES string of the molecule is CCc1ccc(-c2ccc(-c3ccc4c(c3)C(C)(C)c3cc(C)ccc3-4)s2)cc1. The maximum absolute atomic E-state index is 2.42. The highest BCUT2D eigenvalue weighted by atomic mass is 32.1. The van der Waals surface area contributed by atoms with Gasteiger partial charge in [0.15, 0.2) is 0 Å². The lowest BCUT2D eigenvalue weighted by Gasteiger charge is -2.22. The molecule has 0 spiro atoms. The minimum Gasteiger partial charge on any atom is -0.135 e. The van der Waals surface area contributed by atoms with E-state index in [1.807, 2.05) is 11.3 Å². The zero-order valence-electron chi connectivity index (χ0n) is 17.5. The summed E-state index contributed by atoms with van der Waals surface area (Å²) in [5, 5.41) is 0. The van der Waals surface area contributed by atoms with Crippen LogP contribution in [0.5, 0.6) is 0 Å². The van der Waals surface area contributed by atoms with Crippen LogP contribution in [0.15, 0.2) is 72.8 Å². The monoisotopic (exact) mass is 394 g/mol. The number of fused-ring (bicyclic) bond motifs is 3. The molecule has 0 amide bonds. The van der Waals surface area contributed by atoms with E-state index in [0.717, 1.165) is 6.42 Å². The first-order valence-corrected chi connectivity index (χ1v) is 11.2. The van der Waals surface area contributed by atoms with Crippen molar-refractivity contribution in [2.45, 2.75) is 39.5 Å². The summed E-state index contributed by atoms with van der Waals surface area (Å²) >= 11 is 1.88. The van der Waals surface area contributed by atoms with E-state index in [4.69, 9.17) is 0 Å². The second-order valence-corrected chi connectivity index (χ2v) is 9.73. The highest BCUT2D eigenvalue weighted by Gasteiger charge is 2.35. The van der Waals surface area contributed by atoms with Gasteiger partial charge in [-0.1, -0.05) is 80.9 Å². The Morgan fingerprint density at radius 3 is 1.97 bits per heavy atom. The van der Waals surface area contributed by atoms with Gasteiger partial charge in [-0.15, -0.1) is 11.3 Å². The zero-order valence-corrected chi connectivity index (χ0v) is 18.4. The smallest absolute Gasteiger partial charge is 0.0349 e. The van der Waals surface area contributed by atoms with E-state index in [1.54, 1.807) is 0 Å². The van der Waals surface area contributed by atoms with Crippen LogP contribution in [0.1, 0.15) is 43.0 Å². The molecule has 0 radical (unpaired) electrons. The van der Waals surface area contributed by atoms with Gasteiger partial charge in [0, 0.05) is 15.2 Å². The standard InChI is InChI=1S/C28H26S/c1-5-19-7-9-20(10-8-19)26-14-15-27(29-26)21-11-13-23-22-12-6-18(2)16-24(22)28(3,4)25(23)17-21/h6-17H,5H2,1-4H3. The Bertz CT molecular complexity index is 1210. The van der Waals surface area contributed by atoms with Gasteiger partial charge in [-0.2, -0.15) is 0 Å². The molecule has 0 nitrogen and oxygen atoms in total. The number of benzene rings is 3. The zero-order chi connectivity index (χ0) is 20.2. The molecule has 29 heavy (non-hydrogen) atoms. The minimum absolute atomic E-state index is 0.0444. The van der Waals surface area contributed by atoms with Crippen LogP contribution in [0.2, 0.25) is 0 Å². The molecule has 3 aromatic carbocycles. The van der Waals surface area contributed by atoms with Crippen LogP contribution in [0.4, 0.5) is 0 Å². The van der Waals surface area contributed by atoms with Gasteiger partial charge in [-0.05, 0) is 70.5 Å². The lowest BCUT2D eigenvalue weighted by Crippen LogP contribution is -2.15. The summed E-state index contributed by atoms with van der Waals surface area (Å²) in [6.07, 6.45) is 1.09. The molecule has 1 aliphatic carbocycles. The molecule has 0 unspecified atom stereocenters. The molecule has 4 aromatic rings. The summed E-state index contributed by atoms with van der Waals surface area (Å²) in [4.78, 5) is 2.67. The van der Waals surface area contributed by atoms with Crippen molar-refractivity contribution in [1.82, 2.24) is 0 Å². The van der Waals surface area contributed by atoms with Crippen LogP contribution in [0, 0.1) is 6.92 Å². The number of hydrogen-bond donors (Lipinski definition) is 0. The topological polar surface area (TPSA) is 0 Å². The molecule has 0 atom stereocenters. The molecule has 0 fully saturated rings. The van der Waals surface area contributed by atoms with Crippen molar-refractivity contribution in [3.8, 4) is 32.0 Å². The first kappa shape index (κ1) is 18.4. The van der Waals surface area contributed by atoms with Crippen LogP contribution in [-0.4, -0.2) is 0 Å². The summed E-state index contributed by atoms with van der Waals surface area (Å²) in [5.41, 5.74) is 11.1. The van der Waals surface area contributed by atoms with Gasteiger partial charge in [0.2, 0.25) is 0 Å². The molecule has 0 bridgehead atoms. The lowest BCUT2D eigenvalue weighted by molar-refractivity contribution is 0.660. The Balaban J connectivity index is 1.54. The molecular formula is C28H26S. The summed E-state index contributed by atoms with van der Waals surface area (Å²) in [6, 6.07) is 27.4. The van der Waals surface area contributed by atoms with E-state index < -0.39 is 0 Å². The summed E-state index contributed by atoms with van der Waals surface area (Å²) < 4.78 is 0. The van der Waals surface area contributed by atoms with Crippen LogP contribution in [0.25, 0.3) is 32.0 Å². The fraction of sp³-hybridized carbons (Fsp3) is 0.214. The average molecular weight is 395 g/mol. The normalized spacial score (nSPS) is 13.9. The van der Waals surface area contributed by atoms with E-state index in [2.05, 4.69) is 100 Å². The fourth-order valence-electron chi connectivity index (χ4n) is 4.56. The van der Waals surface area contributed by atoms with Crippen LogP contribution in [-0.2, 0) is 11.8 Å². The first-order chi connectivity index (χ1) is 14.0. The summed E-state index contributed by atoms with van der Waals surface area (Å²) in [6.45, 7) is 9.10. The van der Waals surface area contributed by atoms with Gasteiger partial charge < -0.3 is 0 Å². The van der Waals surface area contributed by atoms with E-state index >= 15 is 0 Å². The molecule has 0 N–H and O–H groups in total. The Kier molecular flexibility index (Phi) is 4.26. The molecule has 1 aliphatic rings. The third-order valence-corrected chi connectivity index (χ3v) is 7.55. The first-order valence-electron chi connectivity index (χ1n) is 10.4. The van der Waals surface area contributed by atoms with E-state index in [9.17, 15) is 0 Å². The van der Waals surface area contributed by atoms with Crippen molar-refractivity contribution in [2.75, 3.05) is 0 Å². The molecule has 0 aliphatic heterocycles. The Morgan fingerprint density at radius 1 is 0.690 bits per heavy atom. The molecule has 1 heterocycles. The number of hydrogen-bond acceptors (Lipinski definition) is 1. The van der Waals surface area contributed by atoms with Gasteiger partial charge in [0.05, 0.1) is 0 Å². The highest BCUT2D eigenvalue weighted by molar-refractivity contribution is 7.18. The molecule has 0 saturated carbocycles. The van der Waals surface area contributed by atoms with Crippen LogP contribution < -0.4 is 0 Å². The number of thiophene rings is 1. The molecule has 0 saturated heterocycles. The second kappa shape index (κ2) is 6.71. The van der Waals surface area contributed by atoms with Crippen molar-refractivity contribution in [3.63, 3.8) is 0 Å². The molecule has 1 aromatic heterocycles. The van der Waals surface area contributed by atoms with Gasteiger partial charge >= 0.3 is 0 Å². The lowest BCUT2D eigenvalue weighted by atomic mass is 9.81. The summed E-state index contributed by atoms with van der Waals surface area (Å²) in [7, 11) is 0. The van der Waals surface area contributed by atoms with Crippen LogP contribution >= 0.6 is 11.3 Å². The molecule has 5 rings (SSSR count). The van der Waals surface area contributed by atoms with Gasteiger partial charge in [-0.3, -0.25) is 0 Å². The number of rotatable bonds is 3. The molecule has 144 valence electrons. The molecule has 1 heteroatoms. The van der Waals surface area contributed by atoms with Crippen molar-refractivity contribution in [3.05, 3.63) is 95.1 Å². The van der Waals surface area contributed by atoms with E-state index in [1.165, 1.54) is 54.3 Å². The Morgan fingerprint density at radius 2 is 1.28 bits per heavy atom. The number of aryl methyl sites for hydroxylation is 2. The van der Waals surface area contributed by atoms with Gasteiger partial charge in [0.1, 0.15) is 0 Å². The quantitative estimate of drug-likeness (QED) is 0.328. The van der Waals surface area contributed by atoms with Crippen molar-refractivity contribution in [2.24, 2.45) is 0 Å². The van der Waals surface area contributed by atoms with Crippen molar-refractivity contribution >= 4 is 11.3 Å². The minimum atomic E-state index is 0.0444. The third kappa shape index (κ3) is 2.96. The predicted octanol–water partition coefficient (Wildman–Crippen LogP) is 8.26. The maximum Gasteiger partial charge on any atom is 0.0349 e. The van der Waals surface area contributed by atoms with E-state index in [-0.39, 0.29) is 5.41 Å². The van der Waals surface area contributed by atoms with Crippen LogP contribution in [0.3, 0.4) is 0 Å². The summed E-state index contributed by atoms with van der Waals surface area (Å²) in [5.74, 6) is 0. The Labute approximate surface area is 177 Å². The third-order valence-electron chi connectivity index (χ3n) is 6.37. The van der Waals surface area contributed by atoms with Gasteiger partial charge in [0.25, 0.3) is 0 Å². The van der Waals surface area contributed by atoms with E-state index in [0.29, 0.717) is 0 Å². The second-order valence-electron chi connectivity index (χ2n) is 8.65. The van der Waals surface area contributed by atoms with Crippen molar-refractivity contribution < 1.29 is 0 Å². The highest BCUT2D eigenvalue weighted by Crippen LogP contribution is 2.50. The molecular weight excluding hydrogens is 368 g/mol. The fourth-order valence-corrected chi connectivity index (χ4v) is 5.57. The maximum atomic E-state index is 2.42. The average Bonchev–Trinajstić information content (AvgIpc) is 3.30. The largest absolute Gasteiger partial charge is 0.135 e. The van der Waals surface area contributed by atoms with Crippen molar-refractivity contribution in [1.29, 1.82) is 0 Å². The Hall–Kier alpha value is -2.64.